The molecule has 0 amide bonds. The smallest absolute Gasteiger partial charge is 0.0159 e. The zero-order valence-corrected chi connectivity index (χ0v) is 17.0. The maximum absolute atomic E-state index is 2.39. The second-order valence-electron chi connectivity index (χ2n) is 7.64. The predicted molar refractivity (Wildman–Crippen MR) is 120 cm³/mol. The SMILES string of the molecule is CC1(C)c2ccccc2-c2ccc(-c3ccc4cc(I)ccc4c3)cc21. The number of hydrogen-bond donors (Lipinski definition) is 0. The Morgan fingerprint density at radius 3 is 2.15 bits per heavy atom. The fourth-order valence-corrected chi connectivity index (χ4v) is 4.80. The molecule has 0 bridgehead atoms. The highest BCUT2D eigenvalue weighted by Crippen LogP contribution is 2.49. The Balaban J connectivity index is 1.67. The Bertz CT molecular complexity index is 1170. The van der Waals surface area contributed by atoms with Crippen LogP contribution in [0.2, 0.25) is 0 Å². The maximum Gasteiger partial charge on any atom is 0.0159 e. The minimum absolute atomic E-state index is 0.0505. The molecule has 5 rings (SSSR count). The summed E-state index contributed by atoms with van der Waals surface area (Å²) in [6.07, 6.45) is 0. The summed E-state index contributed by atoms with van der Waals surface area (Å²) in [5.74, 6) is 0. The van der Waals surface area contributed by atoms with Crippen LogP contribution in [0.5, 0.6) is 0 Å². The monoisotopic (exact) mass is 446 g/mol. The van der Waals surface area contributed by atoms with Crippen LogP contribution in [0, 0.1) is 3.57 Å². The van der Waals surface area contributed by atoms with Crippen molar-refractivity contribution in [1.29, 1.82) is 0 Å². The van der Waals surface area contributed by atoms with Crippen molar-refractivity contribution >= 4 is 33.4 Å². The second-order valence-corrected chi connectivity index (χ2v) is 8.88. The third-order valence-corrected chi connectivity index (χ3v) is 6.39. The van der Waals surface area contributed by atoms with Gasteiger partial charge >= 0.3 is 0 Å². The molecule has 0 fully saturated rings. The fraction of sp³-hybridized carbons (Fsp3) is 0.120. The average molecular weight is 446 g/mol. The number of fused-ring (bicyclic) bond motifs is 4. The molecule has 0 aromatic heterocycles. The molecule has 4 aromatic rings. The van der Waals surface area contributed by atoms with Crippen molar-refractivity contribution in [1.82, 2.24) is 0 Å². The summed E-state index contributed by atoms with van der Waals surface area (Å²) in [6, 6.07) is 29.2. The minimum atomic E-state index is 0.0505. The van der Waals surface area contributed by atoms with Crippen LogP contribution >= 0.6 is 22.6 Å². The first kappa shape index (κ1) is 16.1. The van der Waals surface area contributed by atoms with Crippen molar-refractivity contribution < 1.29 is 0 Å². The summed E-state index contributed by atoms with van der Waals surface area (Å²) < 4.78 is 1.28. The lowest BCUT2D eigenvalue weighted by atomic mass is 9.81. The molecule has 0 saturated heterocycles. The molecule has 26 heavy (non-hydrogen) atoms. The van der Waals surface area contributed by atoms with Crippen molar-refractivity contribution in [3.63, 3.8) is 0 Å². The fourth-order valence-electron chi connectivity index (χ4n) is 4.28. The van der Waals surface area contributed by atoms with Crippen LogP contribution < -0.4 is 0 Å². The number of rotatable bonds is 1. The molecule has 1 heteroatoms. The van der Waals surface area contributed by atoms with Gasteiger partial charge < -0.3 is 0 Å². The Hall–Kier alpha value is -2.13. The summed E-state index contributed by atoms with van der Waals surface area (Å²) in [7, 11) is 0. The summed E-state index contributed by atoms with van der Waals surface area (Å²) in [6.45, 7) is 4.67. The molecule has 4 aromatic carbocycles. The zero-order chi connectivity index (χ0) is 17.9. The van der Waals surface area contributed by atoms with Crippen molar-refractivity contribution in [2.75, 3.05) is 0 Å². The normalized spacial score (nSPS) is 14.3. The topological polar surface area (TPSA) is 0 Å². The molecule has 0 N–H and O–H groups in total. The van der Waals surface area contributed by atoms with Crippen LogP contribution in [-0.2, 0) is 5.41 Å². The molecule has 0 radical (unpaired) electrons. The number of benzene rings is 4. The van der Waals surface area contributed by atoms with Crippen LogP contribution in [0.25, 0.3) is 33.0 Å². The van der Waals surface area contributed by atoms with Gasteiger partial charge in [-0.25, -0.2) is 0 Å². The Morgan fingerprint density at radius 1 is 0.615 bits per heavy atom. The summed E-state index contributed by atoms with van der Waals surface area (Å²) >= 11 is 2.37. The third kappa shape index (κ3) is 2.34. The largest absolute Gasteiger partial charge is 0.0619 e. The highest BCUT2D eigenvalue weighted by Gasteiger charge is 2.35. The second kappa shape index (κ2) is 5.68. The Labute approximate surface area is 168 Å². The van der Waals surface area contributed by atoms with Gasteiger partial charge in [0.15, 0.2) is 0 Å². The molecular weight excluding hydrogens is 427 g/mol. The first-order valence-electron chi connectivity index (χ1n) is 8.98. The van der Waals surface area contributed by atoms with E-state index in [1.807, 2.05) is 0 Å². The van der Waals surface area contributed by atoms with Gasteiger partial charge in [-0.15, -0.1) is 0 Å². The van der Waals surface area contributed by atoms with E-state index < -0.39 is 0 Å². The molecular formula is C25H19I. The van der Waals surface area contributed by atoms with Crippen LogP contribution in [-0.4, -0.2) is 0 Å². The Morgan fingerprint density at radius 2 is 1.27 bits per heavy atom. The molecule has 0 aliphatic heterocycles. The van der Waals surface area contributed by atoms with E-state index in [0.717, 1.165) is 0 Å². The lowest BCUT2D eigenvalue weighted by molar-refractivity contribution is 0.660. The molecule has 126 valence electrons. The van der Waals surface area contributed by atoms with Gasteiger partial charge in [-0.2, -0.15) is 0 Å². The van der Waals surface area contributed by atoms with E-state index in [-0.39, 0.29) is 5.41 Å². The van der Waals surface area contributed by atoms with E-state index in [0.29, 0.717) is 0 Å². The first-order valence-corrected chi connectivity index (χ1v) is 10.1. The van der Waals surface area contributed by atoms with Crippen LogP contribution in [0.15, 0.2) is 78.9 Å². The van der Waals surface area contributed by atoms with Gasteiger partial charge in [0.1, 0.15) is 0 Å². The number of hydrogen-bond acceptors (Lipinski definition) is 0. The number of halogens is 1. The van der Waals surface area contributed by atoms with E-state index in [1.165, 1.54) is 47.7 Å². The highest BCUT2D eigenvalue weighted by molar-refractivity contribution is 14.1. The van der Waals surface area contributed by atoms with Crippen LogP contribution in [0.4, 0.5) is 0 Å². The Kier molecular flexibility index (Phi) is 3.51. The van der Waals surface area contributed by atoms with E-state index in [2.05, 4.69) is 115 Å². The molecule has 0 atom stereocenters. The van der Waals surface area contributed by atoms with Gasteiger partial charge in [-0.1, -0.05) is 68.4 Å². The summed E-state index contributed by atoms with van der Waals surface area (Å²) in [5.41, 5.74) is 8.25. The van der Waals surface area contributed by atoms with Gasteiger partial charge in [0.25, 0.3) is 0 Å². The third-order valence-electron chi connectivity index (χ3n) is 5.72. The van der Waals surface area contributed by atoms with Gasteiger partial charge in [0, 0.05) is 8.99 Å². The quantitative estimate of drug-likeness (QED) is 0.267. The molecule has 1 aliphatic carbocycles. The molecule has 0 nitrogen and oxygen atoms in total. The molecule has 0 saturated carbocycles. The first-order chi connectivity index (χ1) is 12.5. The predicted octanol–water partition coefficient (Wildman–Crippen LogP) is 7.42. The van der Waals surface area contributed by atoms with E-state index in [9.17, 15) is 0 Å². The van der Waals surface area contributed by atoms with Gasteiger partial charge in [-0.3, -0.25) is 0 Å². The van der Waals surface area contributed by atoms with E-state index in [4.69, 9.17) is 0 Å². The average Bonchev–Trinajstić information content (AvgIpc) is 2.89. The van der Waals surface area contributed by atoms with Crippen molar-refractivity contribution in [3.8, 4) is 22.3 Å². The zero-order valence-electron chi connectivity index (χ0n) is 14.9. The molecule has 0 spiro atoms. The van der Waals surface area contributed by atoms with Gasteiger partial charge in [0.2, 0.25) is 0 Å². The van der Waals surface area contributed by atoms with E-state index >= 15 is 0 Å². The molecule has 1 aliphatic rings. The van der Waals surface area contributed by atoms with Gasteiger partial charge in [-0.05, 0) is 91.0 Å². The summed E-state index contributed by atoms with van der Waals surface area (Å²) in [4.78, 5) is 0. The lowest BCUT2D eigenvalue weighted by Crippen LogP contribution is -2.14. The van der Waals surface area contributed by atoms with Gasteiger partial charge in [0.05, 0.1) is 0 Å². The molecule has 0 heterocycles. The van der Waals surface area contributed by atoms with Crippen LogP contribution in [0.3, 0.4) is 0 Å². The van der Waals surface area contributed by atoms with Crippen molar-refractivity contribution in [3.05, 3.63) is 93.6 Å². The highest BCUT2D eigenvalue weighted by atomic mass is 127. The van der Waals surface area contributed by atoms with Crippen molar-refractivity contribution in [2.45, 2.75) is 19.3 Å². The van der Waals surface area contributed by atoms with Crippen LogP contribution in [0.1, 0.15) is 25.0 Å². The molecule has 0 unspecified atom stereocenters. The maximum atomic E-state index is 2.39. The standard InChI is InChI=1S/C25H19I/c1-25(2)23-6-4-3-5-21(23)22-12-10-19(15-24(22)25)16-7-8-18-14-20(26)11-9-17(18)13-16/h3-15H,1-2H3. The minimum Gasteiger partial charge on any atom is -0.0619 e. The lowest BCUT2D eigenvalue weighted by Gasteiger charge is -2.22. The summed E-state index contributed by atoms with van der Waals surface area (Å²) in [5, 5.41) is 2.60. The van der Waals surface area contributed by atoms with E-state index in [1.54, 1.807) is 0 Å². The van der Waals surface area contributed by atoms with Crippen molar-refractivity contribution in [2.24, 2.45) is 0 Å².